The Balaban J connectivity index is 1.55. The number of anilines is 1. The van der Waals surface area contributed by atoms with Gasteiger partial charge in [-0.25, -0.2) is 0 Å². The van der Waals surface area contributed by atoms with Crippen molar-refractivity contribution in [3.8, 4) is 11.5 Å². The Morgan fingerprint density at radius 2 is 1.93 bits per heavy atom. The zero-order valence-corrected chi connectivity index (χ0v) is 15.6. The molecular formula is C21H24N2O4. The molecule has 6 nitrogen and oxygen atoms in total. The van der Waals surface area contributed by atoms with Crippen LogP contribution in [0, 0.1) is 0 Å². The lowest BCUT2D eigenvalue weighted by Gasteiger charge is -2.18. The van der Waals surface area contributed by atoms with Crippen LogP contribution in [0.1, 0.15) is 30.1 Å². The third kappa shape index (κ3) is 4.78. The zero-order valence-electron chi connectivity index (χ0n) is 15.6. The van der Waals surface area contributed by atoms with Crippen LogP contribution in [0.15, 0.2) is 48.5 Å². The Labute approximate surface area is 159 Å². The molecule has 0 aromatic heterocycles. The van der Waals surface area contributed by atoms with E-state index in [-0.39, 0.29) is 17.9 Å². The summed E-state index contributed by atoms with van der Waals surface area (Å²) in [6.07, 6.45) is 1.42. The molecule has 1 unspecified atom stereocenters. The molecule has 0 radical (unpaired) electrons. The summed E-state index contributed by atoms with van der Waals surface area (Å²) >= 11 is 0. The average Bonchev–Trinajstić information content (AvgIpc) is 3.13. The van der Waals surface area contributed by atoms with Crippen molar-refractivity contribution in [3.63, 3.8) is 0 Å². The third-order valence-electron chi connectivity index (χ3n) is 4.43. The number of benzene rings is 2. The van der Waals surface area contributed by atoms with Gasteiger partial charge >= 0.3 is 0 Å². The highest BCUT2D eigenvalue weighted by atomic mass is 16.5. The third-order valence-corrected chi connectivity index (χ3v) is 4.43. The fraction of sp³-hybridized carbons (Fsp3) is 0.333. The summed E-state index contributed by atoms with van der Waals surface area (Å²) < 4.78 is 10.8. The van der Waals surface area contributed by atoms with E-state index in [4.69, 9.17) is 9.47 Å². The van der Waals surface area contributed by atoms with E-state index >= 15 is 0 Å². The maximum atomic E-state index is 12.5. The second-order valence-electron chi connectivity index (χ2n) is 6.56. The monoisotopic (exact) mass is 368 g/mol. The topological polar surface area (TPSA) is 67.9 Å². The van der Waals surface area contributed by atoms with Gasteiger partial charge in [-0.3, -0.25) is 9.59 Å². The van der Waals surface area contributed by atoms with Gasteiger partial charge in [-0.05, 0) is 55.8 Å². The minimum Gasteiger partial charge on any atom is -0.497 e. The van der Waals surface area contributed by atoms with Gasteiger partial charge in [-0.2, -0.15) is 0 Å². The Morgan fingerprint density at radius 3 is 2.59 bits per heavy atom. The Hall–Kier alpha value is -3.02. The lowest BCUT2D eigenvalue weighted by atomic mass is 10.1. The highest BCUT2D eigenvalue weighted by Gasteiger charge is 2.22. The van der Waals surface area contributed by atoms with Crippen LogP contribution in [-0.2, 0) is 4.79 Å². The first-order chi connectivity index (χ1) is 13.1. The number of carbonyl (C=O) groups is 2. The molecule has 3 rings (SSSR count). The largest absolute Gasteiger partial charge is 0.497 e. The van der Waals surface area contributed by atoms with Crippen molar-refractivity contribution in [1.29, 1.82) is 0 Å². The maximum absolute atomic E-state index is 12.5. The van der Waals surface area contributed by atoms with Crippen LogP contribution in [0.5, 0.6) is 11.5 Å². The molecule has 1 atom stereocenters. The van der Waals surface area contributed by atoms with E-state index < -0.39 is 0 Å². The molecule has 0 spiro atoms. The summed E-state index contributed by atoms with van der Waals surface area (Å²) in [5, 5.41) is 2.93. The van der Waals surface area contributed by atoms with Gasteiger partial charge in [0, 0.05) is 24.2 Å². The molecule has 1 aliphatic rings. The minimum atomic E-state index is -0.186. The summed E-state index contributed by atoms with van der Waals surface area (Å²) in [6, 6.07) is 14.3. The lowest BCUT2D eigenvalue weighted by molar-refractivity contribution is -0.117. The number of nitrogens with zero attached hydrogens (tertiary/aromatic N) is 1. The quantitative estimate of drug-likeness (QED) is 0.816. The number of rotatable bonds is 7. The number of carbonyl (C=O) groups excluding carboxylic acids is 2. The Morgan fingerprint density at radius 1 is 1.19 bits per heavy atom. The Kier molecular flexibility index (Phi) is 5.96. The van der Waals surface area contributed by atoms with Gasteiger partial charge in [-0.15, -0.1) is 0 Å². The van der Waals surface area contributed by atoms with Crippen molar-refractivity contribution in [2.75, 3.05) is 25.2 Å². The van der Waals surface area contributed by atoms with Crippen molar-refractivity contribution < 1.29 is 19.1 Å². The van der Waals surface area contributed by atoms with Crippen molar-refractivity contribution in [1.82, 2.24) is 5.32 Å². The molecule has 0 aliphatic carbocycles. The van der Waals surface area contributed by atoms with Crippen LogP contribution in [0.2, 0.25) is 0 Å². The van der Waals surface area contributed by atoms with Crippen LogP contribution in [0.3, 0.4) is 0 Å². The second-order valence-corrected chi connectivity index (χ2v) is 6.56. The number of amides is 2. The van der Waals surface area contributed by atoms with E-state index in [0.29, 0.717) is 30.9 Å². The summed E-state index contributed by atoms with van der Waals surface area (Å²) in [7, 11) is 1.61. The molecule has 6 heteroatoms. The number of nitrogens with one attached hydrogen (secondary N) is 1. The summed E-state index contributed by atoms with van der Waals surface area (Å²) in [5.41, 5.74) is 1.30. The van der Waals surface area contributed by atoms with Crippen LogP contribution in [0.25, 0.3) is 0 Å². The van der Waals surface area contributed by atoms with E-state index in [1.165, 1.54) is 0 Å². The summed E-state index contributed by atoms with van der Waals surface area (Å²) in [4.78, 5) is 26.1. The number of methoxy groups -OCH3 is 1. The number of hydrogen-bond acceptors (Lipinski definition) is 4. The molecule has 2 aromatic rings. The molecule has 142 valence electrons. The number of hydrogen-bond donors (Lipinski definition) is 1. The molecule has 1 heterocycles. The van der Waals surface area contributed by atoms with Gasteiger partial charge in [0.25, 0.3) is 5.91 Å². The lowest BCUT2D eigenvalue weighted by Crippen LogP contribution is -2.36. The van der Waals surface area contributed by atoms with Gasteiger partial charge in [0.05, 0.1) is 13.2 Å². The van der Waals surface area contributed by atoms with Gasteiger partial charge in [0.2, 0.25) is 5.91 Å². The van der Waals surface area contributed by atoms with E-state index in [0.717, 1.165) is 17.9 Å². The van der Waals surface area contributed by atoms with Crippen LogP contribution in [-0.4, -0.2) is 38.1 Å². The second kappa shape index (κ2) is 8.58. The molecule has 1 N–H and O–H groups in total. The molecule has 0 saturated carbocycles. The predicted octanol–water partition coefficient (Wildman–Crippen LogP) is 3.02. The smallest absolute Gasteiger partial charge is 0.251 e. The molecule has 27 heavy (non-hydrogen) atoms. The van der Waals surface area contributed by atoms with E-state index in [1.54, 1.807) is 30.2 Å². The molecule has 1 aliphatic heterocycles. The molecule has 1 fully saturated rings. The van der Waals surface area contributed by atoms with Gasteiger partial charge < -0.3 is 19.7 Å². The van der Waals surface area contributed by atoms with Gasteiger partial charge in [-0.1, -0.05) is 6.07 Å². The molecule has 2 aromatic carbocycles. The first-order valence-electron chi connectivity index (χ1n) is 9.05. The maximum Gasteiger partial charge on any atom is 0.251 e. The van der Waals surface area contributed by atoms with Crippen molar-refractivity contribution in [3.05, 3.63) is 54.1 Å². The Bertz CT molecular complexity index is 804. The van der Waals surface area contributed by atoms with E-state index in [1.807, 2.05) is 37.3 Å². The molecule has 2 amide bonds. The van der Waals surface area contributed by atoms with Crippen LogP contribution >= 0.6 is 0 Å². The normalized spacial score (nSPS) is 14.7. The van der Waals surface area contributed by atoms with Gasteiger partial charge in [0.15, 0.2) is 0 Å². The van der Waals surface area contributed by atoms with Crippen molar-refractivity contribution in [2.24, 2.45) is 0 Å². The van der Waals surface area contributed by atoms with E-state index in [2.05, 4.69) is 5.32 Å². The first-order valence-corrected chi connectivity index (χ1v) is 9.05. The van der Waals surface area contributed by atoms with E-state index in [9.17, 15) is 9.59 Å². The average molecular weight is 368 g/mol. The molecule has 1 saturated heterocycles. The SMILES string of the molecule is COc1ccc(OCC(C)NC(=O)c2cccc(N3CCCC3=O)c2)cc1. The minimum absolute atomic E-state index is 0.105. The summed E-state index contributed by atoms with van der Waals surface area (Å²) in [5.74, 6) is 1.40. The van der Waals surface area contributed by atoms with Gasteiger partial charge in [0.1, 0.15) is 18.1 Å². The fourth-order valence-electron chi connectivity index (χ4n) is 2.98. The van der Waals surface area contributed by atoms with Crippen LogP contribution < -0.4 is 19.7 Å². The predicted molar refractivity (Wildman–Crippen MR) is 103 cm³/mol. The standard InChI is InChI=1S/C21H24N2O4/c1-15(14-27-19-10-8-18(26-2)9-11-19)22-21(25)16-5-3-6-17(13-16)23-12-4-7-20(23)24/h3,5-6,8-11,13,15H,4,7,12,14H2,1-2H3,(H,22,25). The molecular weight excluding hydrogens is 344 g/mol. The fourth-order valence-corrected chi connectivity index (χ4v) is 2.98. The number of ether oxygens (including phenoxy) is 2. The summed E-state index contributed by atoms with van der Waals surface area (Å²) in [6.45, 7) is 2.94. The molecule has 0 bridgehead atoms. The zero-order chi connectivity index (χ0) is 19.2. The van der Waals surface area contributed by atoms with Crippen molar-refractivity contribution in [2.45, 2.75) is 25.8 Å². The first kappa shape index (κ1) is 18.8. The highest BCUT2D eigenvalue weighted by molar-refractivity contribution is 5.99. The van der Waals surface area contributed by atoms with Crippen LogP contribution in [0.4, 0.5) is 5.69 Å². The van der Waals surface area contributed by atoms with Crippen molar-refractivity contribution >= 4 is 17.5 Å². The highest BCUT2D eigenvalue weighted by Crippen LogP contribution is 2.22.